The van der Waals surface area contributed by atoms with Crippen molar-refractivity contribution >= 4 is 11.6 Å². The molecule has 31 heavy (non-hydrogen) atoms. The maximum Gasteiger partial charge on any atom is 0.387 e. The van der Waals surface area contributed by atoms with Crippen LogP contribution in [-0.4, -0.2) is 39.3 Å². The summed E-state index contributed by atoms with van der Waals surface area (Å²) in [5.74, 6) is 0.880. The summed E-state index contributed by atoms with van der Waals surface area (Å²) in [6.45, 7) is 1.93. The van der Waals surface area contributed by atoms with E-state index >= 15 is 0 Å². The quantitative estimate of drug-likeness (QED) is 0.359. The molecule has 1 aliphatic heterocycles. The van der Waals surface area contributed by atoms with Crippen LogP contribution in [0.4, 0.5) is 14.5 Å². The molecule has 0 aromatic heterocycles. The fourth-order valence-corrected chi connectivity index (χ4v) is 3.29. The van der Waals surface area contributed by atoms with Crippen molar-refractivity contribution in [3.8, 4) is 11.5 Å². The van der Waals surface area contributed by atoms with Gasteiger partial charge in [-0.3, -0.25) is 4.99 Å². The second-order valence-corrected chi connectivity index (χ2v) is 6.88. The van der Waals surface area contributed by atoms with Gasteiger partial charge in [0.05, 0.1) is 6.61 Å². The molecule has 1 heterocycles. The van der Waals surface area contributed by atoms with E-state index in [4.69, 9.17) is 9.47 Å². The number of aliphatic imine (C=N–C) groups is 1. The minimum Gasteiger partial charge on any atom is -0.490 e. The Morgan fingerprint density at radius 3 is 2.42 bits per heavy atom. The predicted molar refractivity (Wildman–Crippen MR) is 119 cm³/mol. The Hall–Kier alpha value is -3.29. The Labute approximate surface area is 181 Å². The number of nitrogens with one attached hydrogen (secondary N) is 2. The maximum absolute atomic E-state index is 12.9. The summed E-state index contributed by atoms with van der Waals surface area (Å²) in [6, 6.07) is 13.4. The van der Waals surface area contributed by atoms with E-state index in [2.05, 4.69) is 56.9 Å². The van der Waals surface area contributed by atoms with Crippen LogP contribution in [0.1, 0.15) is 18.1 Å². The van der Waals surface area contributed by atoms with Gasteiger partial charge in [0.25, 0.3) is 0 Å². The second-order valence-electron chi connectivity index (χ2n) is 6.88. The third-order valence-corrected chi connectivity index (χ3v) is 4.82. The number of alkyl halides is 2. The fraction of sp³-hybridized carbons (Fsp3) is 0.348. The van der Waals surface area contributed by atoms with Gasteiger partial charge >= 0.3 is 6.61 Å². The number of hydrogen-bond donors (Lipinski definition) is 2. The van der Waals surface area contributed by atoms with Crippen LogP contribution in [0.25, 0.3) is 0 Å². The van der Waals surface area contributed by atoms with Crippen molar-refractivity contribution < 1.29 is 18.3 Å². The highest BCUT2D eigenvalue weighted by molar-refractivity contribution is 5.79. The van der Waals surface area contributed by atoms with E-state index in [0.29, 0.717) is 30.4 Å². The van der Waals surface area contributed by atoms with Gasteiger partial charge in [-0.1, -0.05) is 36.4 Å². The third-order valence-electron chi connectivity index (χ3n) is 4.82. The molecular weight excluding hydrogens is 402 g/mol. The van der Waals surface area contributed by atoms with Crippen molar-refractivity contribution in [1.82, 2.24) is 10.6 Å². The lowest BCUT2D eigenvalue weighted by atomic mass is 10.2. The lowest BCUT2D eigenvalue weighted by molar-refractivity contribution is -0.0520. The van der Waals surface area contributed by atoms with E-state index in [1.807, 2.05) is 0 Å². The largest absolute Gasteiger partial charge is 0.490 e. The molecule has 2 aromatic rings. The van der Waals surface area contributed by atoms with E-state index in [1.54, 1.807) is 32.2 Å². The smallest absolute Gasteiger partial charge is 0.387 e. The first-order valence-electron chi connectivity index (χ1n) is 10.2. The first-order valence-corrected chi connectivity index (χ1v) is 10.2. The average Bonchev–Trinajstić information content (AvgIpc) is 3.31. The molecule has 0 bridgehead atoms. The molecular formula is C23H28F2N4O2. The Morgan fingerprint density at radius 2 is 1.77 bits per heavy atom. The van der Waals surface area contributed by atoms with Crippen molar-refractivity contribution in [1.29, 1.82) is 0 Å². The van der Waals surface area contributed by atoms with Gasteiger partial charge in [0.15, 0.2) is 17.5 Å². The van der Waals surface area contributed by atoms with Crippen LogP contribution in [0.3, 0.4) is 0 Å². The summed E-state index contributed by atoms with van der Waals surface area (Å²) in [5.41, 5.74) is 2.86. The zero-order chi connectivity index (χ0) is 22.1. The lowest BCUT2D eigenvalue weighted by Gasteiger charge is -2.18. The summed E-state index contributed by atoms with van der Waals surface area (Å²) in [4.78, 5) is 6.49. The number of benzene rings is 2. The summed E-state index contributed by atoms with van der Waals surface area (Å²) in [6.07, 6.45) is 4.32. The molecule has 0 atom stereocenters. The first kappa shape index (κ1) is 22.4. The third kappa shape index (κ3) is 6.34. The molecule has 0 aliphatic carbocycles. The normalized spacial score (nSPS) is 13.6. The summed E-state index contributed by atoms with van der Waals surface area (Å²) >= 11 is 0. The molecule has 0 saturated carbocycles. The lowest BCUT2D eigenvalue weighted by Crippen LogP contribution is -2.36. The number of anilines is 1. The van der Waals surface area contributed by atoms with Crippen LogP contribution < -0.4 is 25.0 Å². The van der Waals surface area contributed by atoms with Gasteiger partial charge in [0.1, 0.15) is 0 Å². The standard InChI is InChI=1S/C23H28F2N4O2/c1-3-30-20-8-6-7-18(21(20)31-22(24)25)16-28-23(26-2)27-15-17-9-11-19(12-10-17)29-13-4-5-14-29/h4-12,22H,3,13-16H2,1-2H3,(H2,26,27,28). The van der Waals surface area contributed by atoms with Crippen LogP contribution in [0, 0.1) is 0 Å². The maximum atomic E-state index is 12.9. The van der Waals surface area contributed by atoms with Crippen molar-refractivity contribution in [2.75, 3.05) is 31.6 Å². The van der Waals surface area contributed by atoms with Crippen molar-refractivity contribution in [3.63, 3.8) is 0 Å². The molecule has 166 valence electrons. The molecule has 1 aliphatic rings. The zero-order valence-electron chi connectivity index (χ0n) is 17.8. The Kier molecular flexibility index (Phi) is 8.09. The van der Waals surface area contributed by atoms with Crippen LogP contribution in [-0.2, 0) is 13.1 Å². The van der Waals surface area contributed by atoms with Crippen molar-refractivity contribution in [2.45, 2.75) is 26.6 Å². The predicted octanol–water partition coefficient (Wildman–Crippen LogP) is 3.93. The highest BCUT2D eigenvalue weighted by atomic mass is 19.3. The van der Waals surface area contributed by atoms with Gasteiger partial charge < -0.3 is 25.0 Å². The highest BCUT2D eigenvalue weighted by Gasteiger charge is 2.16. The van der Waals surface area contributed by atoms with Gasteiger partial charge in [-0.05, 0) is 30.7 Å². The zero-order valence-corrected chi connectivity index (χ0v) is 17.8. The minimum atomic E-state index is -2.93. The molecule has 0 saturated heterocycles. The number of para-hydroxylation sites is 1. The van der Waals surface area contributed by atoms with Crippen molar-refractivity contribution in [2.24, 2.45) is 4.99 Å². The molecule has 0 fully saturated rings. The summed E-state index contributed by atoms with van der Waals surface area (Å²) in [7, 11) is 1.66. The van der Waals surface area contributed by atoms with Crippen LogP contribution in [0.2, 0.25) is 0 Å². The Balaban J connectivity index is 1.57. The second kappa shape index (κ2) is 11.2. The van der Waals surface area contributed by atoms with E-state index < -0.39 is 6.61 Å². The number of nitrogens with zero attached hydrogens (tertiary/aromatic N) is 2. The fourth-order valence-electron chi connectivity index (χ4n) is 3.29. The minimum absolute atomic E-state index is 0.0364. The molecule has 0 unspecified atom stereocenters. The number of hydrogen-bond acceptors (Lipinski definition) is 4. The average molecular weight is 430 g/mol. The summed E-state index contributed by atoms with van der Waals surface area (Å²) in [5, 5.41) is 6.37. The van der Waals surface area contributed by atoms with E-state index in [0.717, 1.165) is 18.7 Å². The van der Waals surface area contributed by atoms with Gasteiger partial charge in [0, 0.05) is 44.5 Å². The van der Waals surface area contributed by atoms with E-state index in [-0.39, 0.29) is 12.3 Å². The molecule has 2 N–H and O–H groups in total. The molecule has 6 nitrogen and oxygen atoms in total. The van der Waals surface area contributed by atoms with Gasteiger partial charge in [0.2, 0.25) is 0 Å². The van der Waals surface area contributed by atoms with E-state index in [1.165, 1.54) is 5.69 Å². The number of ether oxygens (including phenoxy) is 2. The van der Waals surface area contributed by atoms with Crippen LogP contribution in [0.15, 0.2) is 59.6 Å². The first-order chi connectivity index (χ1) is 15.1. The SMILES string of the molecule is CCOc1cccc(CNC(=NC)NCc2ccc(N3CC=CC3)cc2)c1OC(F)F. The van der Waals surface area contributed by atoms with Crippen LogP contribution >= 0.6 is 0 Å². The molecule has 0 spiro atoms. The Morgan fingerprint density at radius 1 is 1.06 bits per heavy atom. The van der Waals surface area contributed by atoms with Gasteiger partial charge in [-0.2, -0.15) is 8.78 Å². The van der Waals surface area contributed by atoms with Crippen LogP contribution in [0.5, 0.6) is 11.5 Å². The molecule has 8 heteroatoms. The van der Waals surface area contributed by atoms with Gasteiger partial charge in [-0.15, -0.1) is 0 Å². The number of halogens is 2. The molecule has 3 rings (SSSR count). The highest BCUT2D eigenvalue weighted by Crippen LogP contribution is 2.32. The number of guanidine groups is 1. The Bertz CT molecular complexity index is 893. The number of rotatable bonds is 9. The van der Waals surface area contributed by atoms with Crippen molar-refractivity contribution in [3.05, 3.63) is 65.7 Å². The molecule has 0 radical (unpaired) electrons. The topological polar surface area (TPSA) is 58.1 Å². The molecule has 0 amide bonds. The molecule has 2 aromatic carbocycles. The van der Waals surface area contributed by atoms with E-state index in [9.17, 15) is 8.78 Å². The van der Waals surface area contributed by atoms with Gasteiger partial charge in [-0.25, -0.2) is 0 Å². The summed E-state index contributed by atoms with van der Waals surface area (Å²) < 4.78 is 35.9. The monoisotopic (exact) mass is 430 g/mol.